The molecule has 298 valence electrons. The fourth-order valence-corrected chi connectivity index (χ4v) is 11.2. The van der Waals surface area contributed by atoms with Crippen molar-refractivity contribution >= 4 is 59.3 Å². The zero-order chi connectivity index (χ0) is 42.1. The van der Waals surface area contributed by atoms with Crippen LogP contribution in [0.15, 0.2) is 224 Å². The van der Waals surface area contributed by atoms with Crippen LogP contribution in [0, 0.1) is 0 Å². The van der Waals surface area contributed by atoms with Crippen molar-refractivity contribution in [2.45, 2.75) is 19.3 Å². The molecule has 12 rings (SSSR count). The SMILES string of the molecule is CC1(C)c2ccccc2-c2ccc(-c3ccc(N(c4ccc(-c5cccc(-c6cccc7ccccc67)c5)cc4)c4ccc(-c5cccc6sc7ccccc7c56)cc4)cc3)cc21. The molecular formula is C61H43NS. The number of thiophene rings is 1. The van der Waals surface area contributed by atoms with E-state index in [4.69, 9.17) is 0 Å². The third kappa shape index (κ3) is 6.29. The van der Waals surface area contributed by atoms with Crippen LogP contribution in [0.1, 0.15) is 25.0 Å². The van der Waals surface area contributed by atoms with E-state index in [1.54, 1.807) is 0 Å². The van der Waals surface area contributed by atoms with E-state index in [0.29, 0.717) is 0 Å². The van der Waals surface area contributed by atoms with Gasteiger partial charge in [-0.05, 0) is 138 Å². The molecule has 63 heavy (non-hydrogen) atoms. The topological polar surface area (TPSA) is 3.24 Å². The van der Waals surface area contributed by atoms with Crippen LogP contribution >= 0.6 is 11.3 Å². The van der Waals surface area contributed by atoms with E-state index in [1.165, 1.54) is 97.7 Å². The van der Waals surface area contributed by atoms with E-state index in [9.17, 15) is 0 Å². The number of hydrogen-bond donors (Lipinski definition) is 0. The van der Waals surface area contributed by atoms with E-state index >= 15 is 0 Å². The van der Waals surface area contributed by atoms with Gasteiger partial charge in [0.05, 0.1) is 0 Å². The minimum atomic E-state index is -0.0453. The van der Waals surface area contributed by atoms with Crippen molar-refractivity contribution in [3.63, 3.8) is 0 Å². The molecule has 1 aromatic heterocycles. The smallest absolute Gasteiger partial charge is 0.0462 e. The average Bonchev–Trinajstić information content (AvgIpc) is 3.84. The molecule has 1 heterocycles. The third-order valence-electron chi connectivity index (χ3n) is 13.3. The highest BCUT2D eigenvalue weighted by molar-refractivity contribution is 7.25. The minimum Gasteiger partial charge on any atom is -0.311 e. The second kappa shape index (κ2) is 14.8. The Bertz CT molecular complexity index is 3510. The summed E-state index contributed by atoms with van der Waals surface area (Å²) in [6.45, 7) is 4.70. The predicted molar refractivity (Wildman–Crippen MR) is 271 cm³/mol. The number of benzene rings is 10. The van der Waals surface area contributed by atoms with E-state index in [-0.39, 0.29) is 5.41 Å². The predicted octanol–water partition coefficient (Wildman–Crippen LogP) is 17.7. The Balaban J connectivity index is 0.919. The lowest BCUT2D eigenvalue weighted by Crippen LogP contribution is -2.14. The molecule has 0 N–H and O–H groups in total. The van der Waals surface area contributed by atoms with Gasteiger partial charge in [0.15, 0.2) is 0 Å². The van der Waals surface area contributed by atoms with Crippen molar-refractivity contribution in [3.05, 3.63) is 236 Å². The number of rotatable bonds is 7. The van der Waals surface area contributed by atoms with Crippen molar-refractivity contribution < 1.29 is 0 Å². The van der Waals surface area contributed by atoms with Gasteiger partial charge in [-0.15, -0.1) is 11.3 Å². The Labute approximate surface area is 372 Å². The quantitative estimate of drug-likeness (QED) is 0.155. The van der Waals surface area contributed by atoms with Crippen molar-refractivity contribution in [3.8, 4) is 55.6 Å². The standard InChI is InChI=1S/C61H43NS/c1-61(2)56-21-7-5-17-53(56)54-37-30-45(39-57(54)61)41-26-33-48(34-27-41)62(49-35-28-43(29-36-49)52-20-11-23-59-60(52)55-18-6-8-22-58(55)63-59)47-31-24-40(25-32-47)44-14-9-15-46(38-44)51-19-10-13-42-12-3-4-16-50(42)51/h3-39H,1-2H3. The summed E-state index contributed by atoms with van der Waals surface area (Å²) >= 11 is 1.87. The Hall–Kier alpha value is -7.52. The second-order valence-corrected chi connectivity index (χ2v) is 18.4. The third-order valence-corrected chi connectivity index (χ3v) is 14.4. The summed E-state index contributed by atoms with van der Waals surface area (Å²) in [6.07, 6.45) is 0. The summed E-state index contributed by atoms with van der Waals surface area (Å²) in [5, 5.41) is 5.17. The summed E-state index contributed by atoms with van der Waals surface area (Å²) in [7, 11) is 0. The van der Waals surface area contributed by atoms with Gasteiger partial charge in [-0.3, -0.25) is 0 Å². The Morgan fingerprint density at radius 3 is 1.60 bits per heavy atom. The summed E-state index contributed by atoms with van der Waals surface area (Å²) in [5.41, 5.74) is 18.5. The molecule has 0 amide bonds. The largest absolute Gasteiger partial charge is 0.311 e. The molecule has 0 atom stereocenters. The maximum Gasteiger partial charge on any atom is 0.0462 e. The molecule has 0 fully saturated rings. The molecular weight excluding hydrogens is 779 g/mol. The lowest BCUT2D eigenvalue weighted by atomic mass is 9.81. The molecule has 0 unspecified atom stereocenters. The zero-order valence-corrected chi connectivity index (χ0v) is 36.0. The number of nitrogens with zero attached hydrogens (tertiary/aromatic N) is 1. The van der Waals surface area contributed by atoms with Gasteiger partial charge >= 0.3 is 0 Å². The average molecular weight is 822 g/mol. The van der Waals surface area contributed by atoms with Crippen molar-refractivity contribution in [1.29, 1.82) is 0 Å². The van der Waals surface area contributed by atoms with Crippen molar-refractivity contribution in [1.82, 2.24) is 0 Å². The van der Waals surface area contributed by atoms with Crippen LogP contribution in [0.5, 0.6) is 0 Å². The first-order valence-corrected chi connectivity index (χ1v) is 22.6. The minimum absolute atomic E-state index is 0.0453. The maximum absolute atomic E-state index is 2.41. The first-order chi connectivity index (χ1) is 31.0. The molecule has 0 bridgehead atoms. The van der Waals surface area contributed by atoms with Gasteiger partial charge in [-0.25, -0.2) is 0 Å². The maximum atomic E-state index is 2.41. The summed E-state index contributed by atoms with van der Waals surface area (Å²) < 4.78 is 2.64. The second-order valence-electron chi connectivity index (χ2n) is 17.3. The van der Waals surface area contributed by atoms with Gasteiger partial charge in [0.2, 0.25) is 0 Å². The van der Waals surface area contributed by atoms with Crippen LogP contribution in [-0.2, 0) is 5.41 Å². The fraction of sp³-hybridized carbons (Fsp3) is 0.0492. The van der Waals surface area contributed by atoms with Gasteiger partial charge in [0, 0.05) is 42.6 Å². The van der Waals surface area contributed by atoms with Gasteiger partial charge in [0.1, 0.15) is 0 Å². The molecule has 10 aromatic carbocycles. The highest BCUT2D eigenvalue weighted by Crippen LogP contribution is 2.50. The van der Waals surface area contributed by atoms with E-state index in [1.807, 2.05) is 11.3 Å². The van der Waals surface area contributed by atoms with Crippen LogP contribution in [-0.4, -0.2) is 0 Å². The lowest BCUT2D eigenvalue weighted by molar-refractivity contribution is 0.660. The van der Waals surface area contributed by atoms with E-state index < -0.39 is 0 Å². The molecule has 1 nitrogen and oxygen atoms in total. The first-order valence-electron chi connectivity index (χ1n) is 21.8. The van der Waals surface area contributed by atoms with Gasteiger partial charge in [-0.2, -0.15) is 0 Å². The first kappa shape index (κ1) is 37.3. The fourth-order valence-electron chi connectivity index (χ4n) is 10.1. The monoisotopic (exact) mass is 821 g/mol. The van der Waals surface area contributed by atoms with E-state index in [0.717, 1.165) is 17.1 Å². The molecule has 0 radical (unpaired) electrons. The molecule has 0 spiro atoms. The van der Waals surface area contributed by atoms with Crippen LogP contribution in [0.2, 0.25) is 0 Å². The Morgan fingerprint density at radius 1 is 0.333 bits per heavy atom. The Morgan fingerprint density at radius 2 is 0.841 bits per heavy atom. The summed E-state index contributed by atoms with van der Waals surface area (Å²) in [6, 6.07) is 82.8. The van der Waals surface area contributed by atoms with Crippen LogP contribution in [0.3, 0.4) is 0 Å². The van der Waals surface area contributed by atoms with Crippen molar-refractivity contribution in [2.24, 2.45) is 0 Å². The molecule has 0 saturated heterocycles. The number of hydrogen-bond acceptors (Lipinski definition) is 2. The molecule has 11 aromatic rings. The summed E-state index contributed by atoms with van der Waals surface area (Å²) in [5.74, 6) is 0. The highest BCUT2D eigenvalue weighted by atomic mass is 32.1. The molecule has 0 saturated carbocycles. The zero-order valence-electron chi connectivity index (χ0n) is 35.2. The van der Waals surface area contributed by atoms with Crippen LogP contribution in [0.25, 0.3) is 86.6 Å². The van der Waals surface area contributed by atoms with Gasteiger partial charge in [0.25, 0.3) is 0 Å². The molecule has 1 aliphatic rings. The summed E-state index contributed by atoms with van der Waals surface area (Å²) in [4.78, 5) is 2.38. The number of fused-ring (bicyclic) bond motifs is 7. The van der Waals surface area contributed by atoms with Crippen LogP contribution in [0.4, 0.5) is 17.1 Å². The van der Waals surface area contributed by atoms with Gasteiger partial charge < -0.3 is 4.90 Å². The van der Waals surface area contributed by atoms with E-state index in [2.05, 4.69) is 243 Å². The normalized spacial score (nSPS) is 12.7. The van der Waals surface area contributed by atoms with Crippen LogP contribution < -0.4 is 4.90 Å². The Kier molecular flexibility index (Phi) is 8.77. The highest BCUT2D eigenvalue weighted by Gasteiger charge is 2.35. The molecule has 0 aliphatic heterocycles. The molecule has 1 aliphatic carbocycles. The molecule has 2 heteroatoms. The lowest BCUT2D eigenvalue weighted by Gasteiger charge is -2.26. The van der Waals surface area contributed by atoms with Gasteiger partial charge in [-0.1, -0.05) is 178 Å². The number of anilines is 3. The van der Waals surface area contributed by atoms with Crippen molar-refractivity contribution in [2.75, 3.05) is 4.90 Å².